The topological polar surface area (TPSA) is 95.1 Å². The Bertz CT molecular complexity index is 1210. The molecule has 36 heavy (non-hydrogen) atoms. The maximum absolute atomic E-state index is 12.9. The number of amides is 2. The average Bonchev–Trinajstić information content (AvgIpc) is 2.89. The van der Waals surface area contributed by atoms with Crippen molar-refractivity contribution in [3.63, 3.8) is 0 Å². The van der Waals surface area contributed by atoms with Crippen molar-refractivity contribution in [3.05, 3.63) is 65.2 Å². The van der Waals surface area contributed by atoms with Gasteiger partial charge in [-0.2, -0.15) is 0 Å². The number of ether oxygens (including phenoxy) is 4. The lowest BCUT2D eigenvalue weighted by molar-refractivity contribution is -0.115. The van der Waals surface area contributed by atoms with Crippen LogP contribution in [0.25, 0.3) is 0 Å². The lowest BCUT2D eigenvalue weighted by Gasteiger charge is -2.16. The Balaban J connectivity index is 1.65. The molecule has 190 valence electrons. The van der Waals surface area contributed by atoms with Crippen LogP contribution in [-0.4, -0.2) is 45.5 Å². The van der Waals surface area contributed by atoms with E-state index in [0.717, 1.165) is 4.90 Å². The van der Waals surface area contributed by atoms with Crippen molar-refractivity contribution in [2.24, 2.45) is 0 Å². The van der Waals surface area contributed by atoms with Gasteiger partial charge in [0, 0.05) is 16.6 Å². The number of anilines is 2. The van der Waals surface area contributed by atoms with Crippen molar-refractivity contribution in [3.8, 4) is 23.0 Å². The molecule has 0 aromatic heterocycles. The molecule has 0 heterocycles. The number of thioether (sulfide) groups is 1. The van der Waals surface area contributed by atoms with E-state index in [1.54, 1.807) is 49.4 Å². The summed E-state index contributed by atoms with van der Waals surface area (Å²) in [5.74, 6) is 1.13. The van der Waals surface area contributed by atoms with Crippen molar-refractivity contribution < 1.29 is 28.5 Å². The van der Waals surface area contributed by atoms with Crippen LogP contribution in [0.3, 0.4) is 0 Å². The molecule has 0 saturated heterocycles. The summed E-state index contributed by atoms with van der Waals surface area (Å²) in [5.41, 5.74) is 1.35. The third-order valence-corrected chi connectivity index (χ3v) is 6.59. The maximum Gasteiger partial charge on any atom is 0.263 e. The third-order valence-electron chi connectivity index (χ3n) is 5.18. The van der Waals surface area contributed by atoms with E-state index >= 15 is 0 Å². The molecule has 2 N–H and O–H groups in total. The zero-order valence-corrected chi connectivity index (χ0v) is 22.1. The van der Waals surface area contributed by atoms with Crippen molar-refractivity contribution in [2.45, 2.75) is 17.1 Å². The van der Waals surface area contributed by atoms with E-state index in [0.29, 0.717) is 45.0 Å². The lowest BCUT2D eigenvalue weighted by atomic mass is 10.1. The molecule has 1 atom stereocenters. The number of halogens is 1. The fraction of sp³-hybridized carbons (Fsp3) is 0.231. The van der Waals surface area contributed by atoms with E-state index < -0.39 is 5.25 Å². The minimum absolute atomic E-state index is 0.222. The molecule has 8 nitrogen and oxygen atoms in total. The summed E-state index contributed by atoms with van der Waals surface area (Å²) >= 11 is 7.56. The first kappa shape index (κ1) is 27.0. The summed E-state index contributed by atoms with van der Waals surface area (Å²) in [7, 11) is 5.99. The molecule has 0 aliphatic carbocycles. The number of rotatable bonds is 10. The van der Waals surface area contributed by atoms with Gasteiger partial charge < -0.3 is 29.6 Å². The van der Waals surface area contributed by atoms with Crippen molar-refractivity contribution in [2.75, 3.05) is 39.1 Å². The molecule has 10 heteroatoms. The molecule has 0 bridgehead atoms. The van der Waals surface area contributed by atoms with Crippen LogP contribution in [0.5, 0.6) is 23.0 Å². The monoisotopic (exact) mass is 530 g/mol. The predicted octanol–water partition coefficient (Wildman–Crippen LogP) is 5.75. The molecule has 2 amide bonds. The molecule has 0 fully saturated rings. The molecular weight excluding hydrogens is 504 g/mol. The summed E-state index contributed by atoms with van der Waals surface area (Å²) in [6.45, 7) is 1.79. The number of carbonyl (C=O) groups is 2. The molecule has 0 spiro atoms. The Morgan fingerprint density at radius 2 is 1.39 bits per heavy atom. The van der Waals surface area contributed by atoms with E-state index in [2.05, 4.69) is 10.6 Å². The standard InChI is InChI=1S/C26H27ClN2O6S/c1-15(25(30)29-19-13-18(27)22(34-4)14-23(19)35-5)36-17-11-9-16(10-12-17)28-26(31)24-20(32-2)7-6-8-21(24)33-3/h6-15H,1-5H3,(H,28,31)(H,29,30). The van der Waals surface area contributed by atoms with Crippen LogP contribution in [0.2, 0.25) is 5.02 Å². The first-order valence-corrected chi connectivity index (χ1v) is 12.1. The van der Waals surface area contributed by atoms with E-state index in [1.807, 2.05) is 12.1 Å². The van der Waals surface area contributed by atoms with Gasteiger partial charge in [-0.1, -0.05) is 17.7 Å². The van der Waals surface area contributed by atoms with Crippen LogP contribution in [0.15, 0.2) is 59.5 Å². The second-order valence-electron chi connectivity index (χ2n) is 7.45. The van der Waals surface area contributed by atoms with Crippen LogP contribution in [-0.2, 0) is 4.79 Å². The summed E-state index contributed by atoms with van der Waals surface area (Å²) in [5, 5.41) is 5.63. The Morgan fingerprint density at radius 1 is 0.806 bits per heavy atom. The normalized spacial score (nSPS) is 11.3. The highest BCUT2D eigenvalue weighted by molar-refractivity contribution is 8.00. The van der Waals surface area contributed by atoms with Crippen molar-refractivity contribution in [1.29, 1.82) is 0 Å². The first-order valence-electron chi connectivity index (χ1n) is 10.8. The highest BCUT2D eigenvalue weighted by Gasteiger charge is 2.20. The van der Waals surface area contributed by atoms with Gasteiger partial charge in [0.15, 0.2) is 0 Å². The van der Waals surface area contributed by atoms with Crippen LogP contribution < -0.4 is 29.6 Å². The van der Waals surface area contributed by atoms with Gasteiger partial charge in [0.25, 0.3) is 5.91 Å². The van der Waals surface area contributed by atoms with Gasteiger partial charge >= 0.3 is 0 Å². The second kappa shape index (κ2) is 12.4. The molecule has 0 aliphatic heterocycles. The second-order valence-corrected chi connectivity index (χ2v) is 9.27. The molecule has 0 radical (unpaired) electrons. The third kappa shape index (κ3) is 6.35. The molecule has 3 aromatic rings. The predicted molar refractivity (Wildman–Crippen MR) is 142 cm³/mol. The largest absolute Gasteiger partial charge is 0.496 e. The Labute approximate surface area is 219 Å². The zero-order chi connectivity index (χ0) is 26.2. The number of hydrogen-bond acceptors (Lipinski definition) is 7. The van der Waals surface area contributed by atoms with Crippen LogP contribution in [0, 0.1) is 0 Å². The van der Waals surface area contributed by atoms with Crippen LogP contribution in [0.1, 0.15) is 17.3 Å². The number of methoxy groups -OCH3 is 4. The smallest absolute Gasteiger partial charge is 0.263 e. The van der Waals surface area contributed by atoms with Gasteiger partial charge in [0.1, 0.15) is 28.6 Å². The van der Waals surface area contributed by atoms with Gasteiger partial charge in [-0.3, -0.25) is 9.59 Å². The average molecular weight is 531 g/mol. The molecule has 3 rings (SSSR count). The first-order chi connectivity index (χ1) is 17.3. The highest BCUT2D eigenvalue weighted by Crippen LogP contribution is 2.36. The van der Waals surface area contributed by atoms with Gasteiger partial charge in [0.05, 0.1) is 44.4 Å². The van der Waals surface area contributed by atoms with Crippen molar-refractivity contribution in [1.82, 2.24) is 0 Å². The molecule has 0 aliphatic rings. The van der Waals surface area contributed by atoms with Crippen LogP contribution >= 0.6 is 23.4 Å². The fourth-order valence-electron chi connectivity index (χ4n) is 3.34. The lowest BCUT2D eigenvalue weighted by Crippen LogP contribution is -2.22. The number of benzene rings is 3. The fourth-order valence-corrected chi connectivity index (χ4v) is 4.44. The van der Waals surface area contributed by atoms with E-state index in [1.165, 1.54) is 40.2 Å². The van der Waals surface area contributed by atoms with E-state index in [-0.39, 0.29) is 11.8 Å². The zero-order valence-electron chi connectivity index (χ0n) is 20.5. The summed E-state index contributed by atoms with van der Waals surface area (Å²) in [4.78, 5) is 26.5. The summed E-state index contributed by atoms with van der Waals surface area (Å²) < 4.78 is 21.1. The Morgan fingerprint density at radius 3 is 1.94 bits per heavy atom. The number of nitrogens with one attached hydrogen (secondary N) is 2. The Kier molecular flexibility index (Phi) is 9.32. The summed E-state index contributed by atoms with van der Waals surface area (Å²) in [6, 6.07) is 15.5. The molecule has 1 unspecified atom stereocenters. The molecule has 0 saturated carbocycles. The van der Waals surface area contributed by atoms with E-state index in [4.69, 9.17) is 30.5 Å². The minimum atomic E-state index is -0.422. The number of carbonyl (C=O) groups excluding carboxylic acids is 2. The van der Waals surface area contributed by atoms with Gasteiger partial charge in [-0.25, -0.2) is 0 Å². The quantitative estimate of drug-likeness (QED) is 0.322. The maximum atomic E-state index is 12.9. The minimum Gasteiger partial charge on any atom is -0.496 e. The SMILES string of the molecule is COc1cc(OC)c(NC(=O)C(C)Sc2ccc(NC(=O)c3c(OC)cccc3OC)cc2)cc1Cl. The van der Waals surface area contributed by atoms with Crippen LogP contribution in [0.4, 0.5) is 11.4 Å². The molecular formula is C26H27ClN2O6S. The van der Waals surface area contributed by atoms with E-state index in [9.17, 15) is 9.59 Å². The van der Waals surface area contributed by atoms with Gasteiger partial charge in [-0.15, -0.1) is 11.8 Å². The summed E-state index contributed by atoms with van der Waals surface area (Å²) in [6.07, 6.45) is 0. The van der Waals surface area contributed by atoms with Gasteiger partial charge in [-0.05, 0) is 49.4 Å². The van der Waals surface area contributed by atoms with Gasteiger partial charge in [0.2, 0.25) is 5.91 Å². The highest BCUT2D eigenvalue weighted by atomic mass is 35.5. The molecule has 3 aromatic carbocycles. The Hall–Kier alpha value is -3.56. The number of hydrogen-bond donors (Lipinski definition) is 2. The van der Waals surface area contributed by atoms with Crippen molar-refractivity contribution >= 4 is 46.6 Å².